The molecule has 0 unspecified atom stereocenters. The van der Waals surface area contributed by atoms with Crippen LogP contribution in [0, 0.1) is 6.92 Å². The van der Waals surface area contributed by atoms with E-state index < -0.39 is 28.5 Å². The van der Waals surface area contributed by atoms with Crippen molar-refractivity contribution >= 4 is 66.7 Å². The molecular weight excluding hydrogens is 553 g/mol. The summed E-state index contributed by atoms with van der Waals surface area (Å²) in [5, 5.41) is 3.37. The standard InChI is InChI=1S/C22H26BrCl2N3O4S/c1-5-26-22(30)15(3)27(12-17-19(24)7-6-8-20(17)25)21(29)13-28(33(4,31)32)16-9-10-18(23)14(2)11-16/h6-11,15H,5,12-13H2,1-4H3,(H,26,30)/t15-/m0/s1. The van der Waals surface area contributed by atoms with Crippen molar-refractivity contribution in [2.45, 2.75) is 33.4 Å². The summed E-state index contributed by atoms with van der Waals surface area (Å²) in [5.74, 6) is -0.949. The Morgan fingerprint density at radius 2 is 1.76 bits per heavy atom. The molecular formula is C22H26BrCl2N3O4S. The molecule has 33 heavy (non-hydrogen) atoms. The highest BCUT2D eigenvalue weighted by molar-refractivity contribution is 9.10. The molecule has 2 rings (SSSR count). The quantitative estimate of drug-likeness (QED) is 0.478. The fraction of sp³-hybridized carbons (Fsp3) is 0.364. The Balaban J connectivity index is 2.46. The van der Waals surface area contributed by atoms with E-state index in [2.05, 4.69) is 21.2 Å². The SMILES string of the molecule is CCNC(=O)[C@H](C)N(Cc1c(Cl)cccc1Cl)C(=O)CN(c1ccc(Br)c(C)c1)S(C)(=O)=O. The fourth-order valence-corrected chi connectivity index (χ4v) is 4.76. The monoisotopic (exact) mass is 577 g/mol. The van der Waals surface area contributed by atoms with Gasteiger partial charge in [-0.25, -0.2) is 8.42 Å². The maximum atomic E-state index is 13.4. The first-order valence-corrected chi connectivity index (χ1v) is 13.5. The van der Waals surface area contributed by atoms with E-state index in [1.807, 2.05) is 6.92 Å². The topological polar surface area (TPSA) is 86.8 Å². The highest BCUT2D eigenvalue weighted by atomic mass is 79.9. The molecule has 1 atom stereocenters. The average molecular weight is 579 g/mol. The van der Waals surface area contributed by atoms with E-state index >= 15 is 0 Å². The second-order valence-electron chi connectivity index (χ2n) is 7.50. The van der Waals surface area contributed by atoms with Crippen molar-refractivity contribution in [3.8, 4) is 0 Å². The lowest BCUT2D eigenvalue weighted by atomic mass is 10.1. The zero-order chi connectivity index (χ0) is 24.9. The maximum Gasteiger partial charge on any atom is 0.244 e. The Bertz CT molecular complexity index is 1120. The minimum atomic E-state index is -3.80. The van der Waals surface area contributed by atoms with Gasteiger partial charge in [-0.15, -0.1) is 0 Å². The normalized spacial score (nSPS) is 12.2. The number of likely N-dealkylation sites (N-methyl/N-ethyl adjacent to an activating group) is 1. The minimum absolute atomic E-state index is 0.0629. The molecule has 0 heterocycles. The Morgan fingerprint density at radius 1 is 1.15 bits per heavy atom. The molecule has 0 fully saturated rings. The van der Waals surface area contributed by atoms with Gasteiger partial charge in [-0.2, -0.15) is 0 Å². The molecule has 180 valence electrons. The average Bonchev–Trinajstić information content (AvgIpc) is 2.72. The summed E-state index contributed by atoms with van der Waals surface area (Å²) in [6.07, 6.45) is 1.03. The number of rotatable bonds is 9. The third-order valence-corrected chi connectivity index (χ3v) is 7.76. The van der Waals surface area contributed by atoms with Gasteiger partial charge in [-0.1, -0.05) is 45.2 Å². The number of hydrogen-bond acceptors (Lipinski definition) is 4. The largest absolute Gasteiger partial charge is 0.355 e. The first-order valence-electron chi connectivity index (χ1n) is 10.1. The molecule has 0 spiro atoms. The van der Waals surface area contributed by atoms with Crippen molar-refractivity contribution < 1.29 is 18.0 Å². The number of sulfonamides is 1. The zero-order valence-electron chi connectivity index (χ0n) is 18.7. The molecule has 2 aromatic rings. The molecule has 0 aromatic heterocycles. The van der Waals surface area contributed by atoms with Crippen LogP contribution in [0.4, 0.5) is 5.69 Å². The van der Waals surface area contributed by atoms with Crippen LogP contribution >= 0.6 is 39.1 Å². The van der Waals surface area contributed by atoms with Crippen LogP contribution in [0.15, 0.2) is 40.9 Å². The summed E-state index contributed by atoms with van der Waals surface area (Å²) < 4.78 is 27.0. The van der Waals surface area contributed by atoms with Gasteiger partial charge in [0.15, 0.2) is 0 Å². The molecule has 0 radical (unpaired) electrons. The number of nitrogens with zero attached hydrogens (tertiary/aromatic N) is 2. The van der Waals surface area contributed by atoms with Crippen LogP contribution in [0.1, 0.15) is 25.0 Å². The lowest BCUT2D eigenvalue weighted by Crippen LogP contribution is -2.51. The van der Waals surface area contributed by atoms with Crippen LogP contribution in [0.25, 0.3) is 0 Å². The highest BCUT2D eigenvalue weighted by Gasteiger charge is 2.30. The van der Waals surface area contributed by atoms with Crippen LogP contribution in [0.3, 0.4) is 0 Å². The summed E-state index contributed by atoms with van der Waals surface area (Å²) in [6.45, 7) is 4.98. The number of benzene rings is 2. The second kappa shape index (κ2) is 11.6. The van der Waals surface area contributed by atoms with Crippen LogP contribution < -0.4 is 9.62 Å². The van der Waals surface area contributed by atoms with E-state index in [0.717, 1.165) is 20.6 Å². The first kappa shape index (κ1) is 27.4. The molecule has 0 saturated heterocycles. The van der Waals surface area contributed by atoms with Crippen molar-refractivity contribution in [3.63, 3.8) is 0 Å². The predicted octanol–water partition coefficient (Wildman–Crippen LogP) is 4.38. The number of halogens is 3. The van der Waals surface area contributed by atoms with Crippen molar-refractivity contribution in [2.75, 3.05) is 23.7 Å². The van der Waals surface area contributed by atoms with E-state index in [4.69, 9.17) is 23.2 Å². The van der Waals surface area contributed by atoms with Gasteiger partial charge >= 0.3 is 0 Å². The molecule has 2 amide bonds. The Morgan fingerprint density at radius 3 is 2.27 bits per heavy atom. The first-order chi connectivity index (χ1) is 15.4. The van der Waals surface area contributed by atoms with E-state index in [-0.39, 0.29) is 12.5 Å². The molecule has 7 nitrogen and oxygen atoms in total. The minimum Gasteiger partial charge on any atom is -0.355 e. The number of anilines is 1. The number of hydrogen-bond donors (Lipinski definition) is 1. The lowest BCUT2D eigenvalue weighted by Gasteiger charge is -2.32. The van der Waals surface area contributed by atoms with Gasteiger partial charge in [0.05, 0.1) is 11.9 Å². The molecule has 0 saturated carbocycles. The van der Waals surface area contributed by atoms with Crippen molar-refractivity contribution in [3.05, 3.63) is 62.0 Å². The van der Waals surface area contributed by atoms with Crippen molar-refractivity contribution in [2.24, 2.45) is 0 Å². The number of nitrogens with one attached hydrogen (secondary N) is 1. The van der Waals surface area contributed by atoms with E-state index in [1.165, 1.54) is 4.90 Å². The van der Waals surface area contributed by atoms with E-state index in [0.29, 0.717) is 27.8 Å². The summed E-state index contributed by atoms with van der Waals surface area (Å²) in [7, 11) is -3.80. The Labute approximate surface area is 213 Å². The second-order valence-corrected chi connectivity index (χ2v) is 11.1. The number of carbonyl (C=O) groups is 2. The van der Waals surface area contributed by atoms with Crippen LogP contribution in [-0.4, -0.2) is 50.5 Å². The van der Waals surface area contributed by atoms with Gasteiger partial charge in [-0.05, 0) is 56.7 Å². The fourth-order valence-electron chi connectivity index (χ4n) is 3.16. The third kappa shape index (κ3) is 7.09. The predicted molar refractivity (Wildman–Crippen MR) is 136 cm³/mol. The Kier molecular flexibility index (Phi) is 9.60. The van der Waals surface area contributed by atoms with Crippen LogP contribution in [-0.2, 0) is 26.2 Å². The van der Waals surface area contributed by atoms with Crippen LogP contribution in [0.2, 0.25) is 10.0 Å². The molecule has 1 N–H and O–H groups in total. The van der Waals surface area contributed by atoms with Gasteiger partial charge in [0.2, 0.25) is 21.8 Å². The van der Waals surface area contributed by atoms with Gasteiger partial charge in [0, 0.05) is 33.2 Å². The molecule has 0 aliphatic heterocycles. The summed E-state index contributed by atoms with van der Waals surface area (Å²) >= 11 is 16.0. The van der Waals surface area contributed by atoms with Crippen molar-refractivity contribution in [1.82, 2.24) is 10.2 Å². The van der Waals surface area contributed by atoms with Gasteiger partial charge in [-0.3, -0.25) is 13.9 Å². The molecule has 0 bridgehead atoms. The molecule has 0 aliphatic carbocycles. The van der Waals surface area contributed by atoms with E-state index in [1.54, 1.807) is 50.2 Å². The van der Waals surface area contributed by atoms with Crippen LogP contribution in [0.5, 0.6) is 0 Å². The van der Waals surface area contributed by atoms with Gasteiger partial charge in [0.25, 0.3) is 0 Å². The van der Waals surface area contributed by atoms with Crippen molar-refractivity contribution in [1.29, 1.82) is 0 Å². The molecule has 2 aromatic carbocycles. The highest BCUT2D eigenvalue weighted by Crippen LogP contribution is 2.28. The lowest BCUT2D eigenvalue weighted by molar-refractivity contribution is -0.139. The Hall–Kier alpha value is -1.81. The molecule has 11 heteroatoms. The number of amides is 2. The van der Waals surface area contributed by atoms with Gasteiger partial charge in [0.1, 0.15) is 12.6 Å². The summed E-state index contributed by atoms with van der Waals surface area (Å²) in [5.41, 5.74) is 1.62. The molecule has 0 aliphatic rings. The van der Waals surface area contributed by atoms with E-state index in [9.17, 15) is 18.0 Å². The van der Waals surface area contributed by atoms with Gasteiger partial charge < -0.3 is 10.2 Å². The number of aryl methyl sites for hydroxylation is 1. The maximum absolute atomic E-state index is 13.4. The third-order valence-electron chi connectivity index (χ3n) is 5.02. The summed E-state index contributed by atoms with van der Waals surface area (Å²) in [6, 6.07) is 9.04. The zero-order valence-corrected chi connectivity index (χ0v) is 22.6. The summed E-state index contributed by atoms with van der Waals surface area (Å²) in [4.78, 5) is 27.3. The smallest absolute Gasteiger partial charge is 0.244 e. The number of carbonyl (C=O) groups excluding carboxylic acids is 2.